The molecule has 1 fully saturated rings. The molecule has 0 radical (unpaired) electrons. The first-order valence-corrected chi connectivity index (χ1v) is 5.04. The quantitative estimate of drug-likeness (QED) is 0.680. The van der Waals surface area contributed by atoms with Crippen LogP contribution in [0.3, 0.4) is 0 Å². The molecule has 0 aromatic heterocycles. The van der Waals surface area contributed by atoms with Crippen LogP contribution in [-0.2, 0) is 0 Å². The largest absolute Gasteiger partial charge is 0.392 e. The molecule has 0 aromatic rings. The molecule has 0 aliphatic heterocycles. The van der Waals surface area contributed by atoms with Crippen LogP contribution < -0.4 is 0 Å². The van der Waals surface area contributed by atoms with E-state index in [2.05, 4.69) is 4.90 Å². The van der Waals surface area contributed by atoms with Gasteiger partial charge in [-0.3, -0.25) is 4.90 Å². The smallest absolute Gasteiger partial charge is 0.0774 e. The summed E-state index contributed by atoms with van der Waals surface area (Å²) in [5.74, 6) is 0. The van der Waals surface area contributed by atoms with Gasteiger partial charge < -0.3 is 10.2 Å². The lowest BCUT2D eigenvalue weighted by Gasteiger charge is -2.34. The van der Waals surface area contributed by atoms with Crippen LogP contribution in [0.15, 0.2) is 0 Å². The molecule has 0 spiro atoms. The van der Waals surface area contributed by atoms with Gasteiger partial charge in [-0.15, -0.1) is 0 Å². The summed E-state index contributed by atoms with van der Waals surface area (Å²) in [6, 6.07) is 0.210. The van der Waals surface area contributed by atoms with Crippen molar-refractivity contribution < 1.29 is 10.2 Å². The van der Waals surface area contributed by atoms with Gasteiger partial charge in [0, 0.05) is 12.6 Å². The Labute approximate surface area is 80.4 Å². The minimum atomic E-state index is -0.566. The molecular formula is C10H21NO2. The van der Waals surface area contributed by atoms with Gasteiger partial charge in [-0.25, -0.2) is 0 Å². The SMILES string of the molecule is CC(O)CN(C)C1CCCC1(C)O. The van der Waals surface area contributed by atoms with Gasteiger partial charge in [0.15, 0.2) is 0 Å². The Morgan fingerprint density at radius 2 is 2.23 bits per heavy atom. The molecule has 3 atom stereocenters. The number of hydrogen-bond acceptors (Lipinski definition) is 3. The van der Waals surface area contributed by atoms with Gasteiger partial charge in [0.1, 0.15) is 0 Å². The van der Waals surface area contributed by atoms with Gasteiger partial charge in [-0.05, 0) is 40.2 Å². The third kappa shape index (κ3) is 2.66. The Hall–Kier alpha value is -0.120. The van der Waals surface area contributed by atoms with E-state index in [1.54, 1.807) is 6.92 Å². The number of aliphatic hydroxyl groups excluding tert-OH is 1. The Kier molecular flexibility index (Phi) is 3.33. The maximum Gasteiger partial charge on any atom is 0.0774 e. The van der Waals surface area contributed by atoms with Crippen molar-refractivity contribution in [1.29, 1.82) is 0 Å². The molecule has 3 unspecified atom stereocenters. The maximum atomic E-state index is 10.0. The zero-order chi connectivity index (χ0) is 10.1. The van der Waals surface area contributed by atoms with Gasteiger partial charge in [-0.2, -0.15) is 0 Å². The normalized spacial score (nSPS) is 36.9. The molecule has 3 heteroatoms. The highest BCUT2D eigenvalue weighted by molar-refractivity contribution is 4.94. The highest BCUT2D eigenvalue weighted by Gasteiger charge is 2.39. The van der Waals surface area contributed by atoms with E-state index >= 15 is 0 Å². The van der Waals surface area contributed by atoms with E-state index in [1.807, 2.05) is 14.0 Å². The van der Waals surface area contributed by atoms with Crippen LogP contribution in [0.2, 0.25) is 0 Å². The summed E-state index contributed by atoms with van der Waals surface area (Å²) in [5, 5.41) is 19.2. The second kappa shape index (κ2) is 3.95. The van der Waals surface area contributed by atoms with E-state index in [4.69, 9.17) is 0 Å². The molecule has 0 aromatic carbocycles. The van der Waals surface area contributed by atoms with Crippen LogP contribution >= 0.6 is 0 Å². The highest BCUT2D eigenvalue weighted by atomic mass is 16.3. The van der Waals surface area contributed by atoms with E-state index in [-0.39, 0.29) is 12.1 Å². The topological polar surface area (TPSA) is 43.7 Å². The van der Waals surface area contributed by atoms with Gasteiger partial charge in [-0.1, -0.05) is 0 Å². The standard InChI is InChI=1S/C10H21NO2/c1-8(12)7-11(3)9-5-4-6-10(9,2)13/h8-9,12-13H,4-7H2,1-3H3. The molecule has 0 bridgehead atoms. The molecule has 1 aliphatic carbocycles. The van der Waals surface area contributed by atoms with E-state index in [0.29, 0.717) is 6.54 Å². The minimum Gasteiger partial charge on any atom is -0.392 e. The molecular weight excluding hydrogens is 166 g/mol. The lowest BCUT2D eigenvalue weighted by atomic mass is 9.99. The summed E-state index contributed by atoms with van der Waals surface area (Å²) in [5.41, 5.74) is -0.566. The third-order valence-corrected chi connectivity index (χ3v) is 2.96. The molecule has 1 saturated carbocycles. The molecule has 1 rings (SSSR count). The lowest BCUT2D eigenvalue weighted by Crippen LogP contribution is -2.47. The van der Waals surface area contributed by atoms with Crippen LogP contribution in [0, 0.1) is 0 Å². The van der Waals surface area contributed by atoms with E-state index in [1.165, 1.54) is 0 Å². The summed E-state index contributed by atoms with van der Waals surface area (Å²) < 4.78 is 0. The first-order chi connectivity index (χ1) is 5.93. The van der Waals surface area contributed by atoms with E-state index in [0.717, 1.165) is 19.3 Å². The highest BCUT2D eigenvalue weighted by Crippen LogP contribution is 2.32. The van der Waals surface area contributed by atoms with Crippen molar-refractivity contribution in [2.24, 2.45) is 0 Å². The van der Waals surface area contributed by atoms with E-state index in [9.17, 15) is 10.2 Å². The van der Waals surface area contributed by atoms with Crippen molar-refractivity contribution in [3.8, 4) is 0 Å². The summed E-state index contributed by atoms with van der Waals surface area (Å²) in [7, 11) is 1.97. The first kappa shape index (κ1) is 11.0. The number of rotatable bonds is 3. The molecule has 0 heterocycles. The summed E-state index contributed by atoms with van der Waals surface area (Å²) in [4.78, 5) is 2.07. The van der Waals surface area contributed by atoms with E-state index < -0.39 is 5.60 Å². The van der Waals surface area contributed by atoms with Crippen molar-refractivity contribution in [3.63, 3.8) is 0 Å². The van der Waals surface area contributed by atoms with Crippen LogP contribution in [0.5, 0.6) is 0 Å². The third-order valence-electron chi connectivity index (χ3n) is 2.96. The number of likely N-dealkylation sites (N-methyl/N-ethyl adjacent to an activating group) is 1. The van der Waals surface area contributed by atoms with Crippen molar-refractivity contribution in [3.05, 3.63) is 0 Å². The van der Waals surface area contributed by atoms with Crippen molar-refractivity contribution in [2.45, 2.75) is 50.9 Å². The Morgan fingerprint density at radius 3 is 2.62 bits per heavy atom. The number of aliphatic hydroxyl groups is 2. The fraction of sp³-hybridized carbons (Fsp3) is 1.00. The zero-order valence-electron chi connectivity index (χ0n) is 8.82. The lowest BCUT2D eigenvalue weighted by molar-refractivity contribution is -0.0150. The Balaban J connectivity index is 2.51. The molecule has 0 saturated heterocycles. The zero-order valence-corrected chi connectivity index (χ0v) is 8.82. The number of hydrogen-bond donors (Lipinski definition) is 2. The average molecular weight is 187 g/mol. The maximum absolute atomic E-state index is 10.0. The predicted molar refractivity (Wildman–Crippen MR) is 52.6 cm³/mol. The summed E-state index contributed by atoms with van der Waals surface area (Å²) in [6.07, 6.45) is 2.68. The van der Waals surface area contributed by atoms with Gasteiger partial charge in [0.25, 0.3) is 0 Å². The molecule has 2 N–H and O–H groups in total. The molecule has 3 nitrogen and oxygen atoms in total. The summed E-state index contributed by atoms with van der Waals surface area (Å²) in [6.45, 7) is 4.31. The van der Waals surface area contributed by atoms with Crippen LogP contribution in [0.1, 0.15) is 33.1 Å². The fourth-order valence-corrected chi connectivity index (χ4v) is 2.37. The molecule has 13 heavy (non-hydrogen) atoms. The monoisotopic (exact) mass is 187 g/mol. The molecule has 1 aliphatic rings. The van der Waals surface area contributed by atoms with Gasteiger partial charge in [0.05, 0.1) is 11.7 Å². The van der Waals surface area contributed by atoms with Crippen molar-refractivity contribution in [2.75, 3.05) is 13.6 Å². The number of nitrogens with zero attached hydrogens (tertiary/aromatic N) is 1. The van der Waals surface area contributed by atoms with Crippen LogP contribution in [0.25, 0.3) is 0 Å². The van der Waals surface area contributed by atoms with Crippen molar-refractivity contribution in [1.82, 2.24) is 4.90 Å². The Bertz CT molecular complexity index is 168. The second-order valence-electron chi connectivity index (χ2n) is 4.55. The van der Waals surface area contributed by atoms with Gasteiger partial charge >= 0.3 is 0 Å². The minimum absolute atomic E-state index is 0.210. The first-order valence-electron chi connectivity index (χ1n) is 5.04. The van der Waals surface area contributed by atoms with Crippen LogP contribution in [0.4, 0.5) is 0 Å². The summed E-state index contributed by atoms with van der Waals surface area (Å²) >= 11 is 0. The average Bonchev–Trinajstić information content (AvgIpc) is 2.27. The van der Waals surface area contributed by atoms with Gasteiger partial charge in [0.2, 0.25) is 0 Å². The molecule has 78 valence electrons. The predicted octanol–water partition coefficient (Wildman–Crippen LogP) is 0.602. The second-order valence-corrected chi connectivity index (χ2v) is 4.55. The van der Waals surface area contributed by atoms with Crippen LogP contribution in [-0.4, -0.2) is 46.5 Å². The Morgan fingerprint density at radius 1 is 1.62 bits per heavy atom. The molecule has 0 amide bonds. The van der Waals surface area contributed by atoms with Crippen molar-refractivity contribution >= 4 is 0 Å². The fourth-order valence-electron chi connectivity index (χ4n) is 2.37.